The average Bonchev–Trinajstić information content (AvgIpc) is 3.71. The maximum absolute atomic E-state index is 13.5. The van der Waals surface area contributed by atoms with Crippen LogP contribution in [-0.4, -0.2) is 80.1 Å². The normalized spacial score (nSPS) is 15.9. The summed E-state index contributed by atoms with van der Waals surface area (Å²) in [5.74, 6) is 0.192. The van der Waals surface area contributed by atoms with Crippen molar-refractivity contribution >= 4 is 45.8 Å². The molecule has 1 aromatic carbocycles. The number of carbonyl (C=O) groups excluding carboxylic acids is 2. The highest BCUT2D eigenvalue weighted by atomic mass is 16.4. The second kappa shape index (κ2) is 10.8. The fourth-order valence-electron chi connectivity index (χ4n) is 4.97. The van der Waals surface area contributed by atoms with E-state index in [2.05, 4.69) is 25.4 Å². The zero-order chi connectivity index (χ0) is 28.5. The third kappa shape index (κ3) is 5.26. The van der Waals surface area contributed by atoms with Gasteiger partial charge in [0, 0.05) is 31.3 Å². The predicted octanol–water partition coefficient (Wildman–Crippen LogP) is 3.34. The topological polar surface area (TPSA) is 161 Å². The zero-order valence-corrected chi connectivity index (χ0v) is 22.6. The highest BCUT2D eigenvalue weighted by Gasteiger charge is 2.30. The van der Waals surface area contributed by atoms with E-state index in [1.165, 1.54) is 6.33 Å². The number of likely N-dealkylation sites (N-methyl/N-ethyl adjacent to an activating group) is 1. The van der Waals surface area contributed by atoms with Crippen molar-refractivity contribution in [3.05, 3.63) is 60.8 Å². The van der Waals surface area contributed by atoms with Crippen LogP contribution in [0.4, 0.5) is 11.8 Å². The Bertz CT molecular complexity index is 1750. The van der Waals surface area contributed by atoms with Gasteiger partial charge in [0.05, 0.1) is 17.7 Å². The molecule has 4 aromatic heterocycles. The monoisotopic (exact) mass is 555 g/mol. The maximum atomic E-state index is 13.5. The molecule has 0 unspecified atom stereocenters. The molecule has 13 heteroatoms. The minimum absolute atomic E-state index is 0.0127. The molecule has 1 aliphatic heterocycles. The molecule has 5 heterocycles. The van der Waals surface area contributed by atoms with Crippen LogP contribution in [0.15, 0.2) is 63.9 Å². The second-order valence-corrected chi connectivity index (χ2v) is 10.1. The number of furan rings is 1. The summed E-state index contributed by atoms with van der Waals surface area (Å²) in [6.07, 6.45) is 7.92. The van der Waals surface area contributed by atoms with Gasteiger partial charge in [0.25, 0.3) is 5.91 Å². The number of piperidine rings is 1. The Morgan fingerprint density at radius 3 is 2.93 bits per heavy atom. The lowest BCUT2D eigenvalue weighted by atomic mass is 10.1. The number of nitrogen functional groups attached to an aromatic ring is 1. The fourth-order valence-corrected chi connectivity index (χ4v) is 4.97. The highest BCUT2D eigenvalue weighted by Crippen LogP contribution is 2.30. The van der Waals surface area contributed by atoms with Crippen molar-refractivity contribution < 1.29 is 18.4 Å². The smallest absolute Gasteiger partial charge is 0.302 e. The number of amides is 2. The summed E-state index contributed by atoms with van der Waals surface area (Å²) in [7, 11) is 3.89. The first-order valence-corrected chi connectivity index (χ1v) is 13.2. The molecule has 2 amide bonds. The number of nitrogens with one attached hydrogen (secondary N) is 1. The van der Waals surface area contributed by atoms with E-state index in [1.807, 2.05) is 43.3 Å². The first kappa shape index (κ1) is 26.2. The SMILES string of the molecule is CN(C)C/C=C/C(=O)N1CCC[C@@H](n2nc(C(=O)Nc3nc4cc(-c5ccco5)ccc4o3)c3c(N)ncnc32)C1. The van der Waals surface area contributed by atoms with Crippen molar-refractivity contribution in [1.29, 1.82) is 0 Å². The molecule has 6 rings (SSSR count). The molecule has 1 saturated heterocycles. The summed E-state index contributed by atoms with van der Waals surface area (Å²) in [5, 5.41) is 7.65. The lowest BCUT2D eigenvalue weighted by Crippen LogP contribution is -2.40. The predicted molar refractivity (Wildman–Crippen MR) is 152 cm³/mol. The molecule has 13 nitrogen and oxygen atoms in total. The Labute approximate surface area is 234 Å². The minimum atomic E-state index is -0.566. The number of nitrogens with zero attached hydrogens (tertiary/aromatic N) is 7. The van der Waals surface area contributed by atoms with E-state index in [-0.39, 0.29) is 29.5 Å². The van der Waals surface area contributed by atoms with Crippen molar-refractivity contribution in [2.75, 3.05) is 44.8 Å². The number of oxazole rings is 1. The lowest BCUT2D eigenvalue weighted by molar-refractivity contribution is -0.127. The van der Waals surface area contributed by atoms with Crippen molar-refractivity contribution in [2.24, 2.45) is 0 Å². The Morgan fingerprint density at radius 1 is 1.24 bits per heavy atom. The number of hydrogen-bond donors (Lipinski definition) is 2. The third-order valence-corrected chi connectivity index (χ3v) is 6.93. The number of anilines is 2. The first-order chi connectivity index (χ1) is 19.9. The molecular formula is C28H29N9O4. The molecule has 1 aliphatic rings. The molecule has 0 saturated carbocycles. The Morgan fingerprint density at radius 2 is 2.12 bits per heavy atom. The van der Waals surface area contributed by atoms with Gasteiger partial charge in [-0.15, -0.1) is 0 Å². The molecule has 3 N–H and O–H groups in total. The van der Waals surface area contributed by atoms with Crippen molar-refractivity contribution in [1.82, 2.24) is 34.5 Å². The summed E-state index contributed by atoms with van der Waals surface area (Å²) in [6, 6.07) is 8.89. The number of benzene rings is 1. The van der Waals surface area contributed by atoms with Gasteiger partial charge >= 0.3 is 6.01 Å². The van der Waals surface area contributed by atoms with E-state index >= 15 is 0 Å². The molecule has 0 radical (unpaired) electrons. The van der Waals surface area contributed by atoms with Crippen LogP contribution in [0.25, 0.3) is 33.5 Å². The molecule has 1 fully saturated rings. The van der Waals surface area contributed by atoms with E-state index in [4.69, 9.17) is 14.6 Å². The Hall–Kier alpha value is -5.04. The van der Waals surface area contributed by atoms with Crippen molar-refractivity contribution in [3.63, 3.8) is 0 Å². The third-order valence-electron chi connectivity index (χ3n) is 6.93. The quantitative estimate of drug-likeness (QED) is 0.285. The van der Waals surface area contributed by atoms with Gasteiger partial charge in [0.15, 0.2) is 16.9 Å². The lowest BCUT2D eigenvalue weighted by Gasteiger charge is -2.32. The van der Waals surface area contributed by atoms with Gasteiger partial charge in [-0.25, -0.2) is 14.6 Å². The van der Waals surface area contributed by atoms with Gasteiger partial charge in [-0.05, 0) is 57.3 Å². The first-order valence-electron chi connectivity index (χ1n) is 13.2. The molecule has 1 atom stereocenters. The number of carbonyl (C=O) groups is 2. The van der Waals surface area contributed by atoms with Crippen LogP contribution in [-0.2, 0) is 4.79 Å². The van der Waals surface area contributed by atoms with Gasteiger partial charge in [-0.1, -0.05) is 6.08 Å². The van der Waals surface area contributed by atoms with Gasteiger partial charge in [-0.3, -0.25) is 14.9 Å². The number of hydrogen-bond acceptors (Lipinski definition) is 10. The summed E-state index contributed by atoms with van der Waals surface area (Å²) in [5.41, 5.74) is 8.55. The van der Waals surface area contributed by atoms with E-state index in [0.717, 1.165) is 18.4 Å². The van der Waals surface area contributed by atoms with Gasteiger partial charge in [0.2, 0.25) is 5.91 Å². The van der Waals surface area contributed by atoms with Crippen LogP contribution in [0, 0.1) is 0 Å². The van der Waals surface area contributed by atoms with Crippen molar-refractivity contribution in [2.45, 2.75) is 18.9 Å². The summed E-state index contributed by atoms with van der Waals surface area (Å²) in [4.78, 5) is 42.9. The number of rotatable bonds is 7. The molecule has 41 heavy (non-hydrogen) atoms. The molecule has 0 spiro atoms. The van der Waals surface area contributed by atoms with Crippen LogP contribution in [0.5, 0.6) is 0 Å². The number of aromatic nitrogens is 5. The standard InChI is InChI=1S/C28H29N9O4/c1-35(2)11-4-8-22(38)36-12-3-6-18(15-36)37-26-23(25(29)30-16-31-26)24(34-37)27(39)33-28-32-19-14-17(9-10-21(19)41-28)20-7-5-13-40-20/h4-5,7-10,13-14,16,18H,3,6,11-12,15H2,1-2H3,(H2,29,30,31)(H,32,33,39)/b8-4+/t18-/m1/s1. The van der Waals surface area contributed by atoms with Crippen molar-refractivity contribution in [3.8, 4) is 11.3 Å². The van der Waals surface area contributed by atoms with E-state index in [0.29, 0.717) is 47.5 Å². The van der Waals surface area contributed by atoms with E-state index < -0.39 is 5.91 Å². The zero-order valence-electron chi connectivity index (χ0n) is 22.6. The molecule has 210 valence electrons. The second-order valence-electron chi connectivity index (χ2n) is 10.1. The molecule has 0 bridgehead atoms. The number of likely N-dealkylation sites (tertiary alicyclic amines) is 1. The van der Waals surface area contributed by atoms with Gasteiger partial charge < -0.3 is 24.4 Å². The van der Waals surface area contributed by atoms with E-state index in [1.54, 1.807) is 34.1 Å². The summed E-state index contributed by atoms with van der Waals surface area (Å²) < 4.78 is 12.9. The van der Waals surface area contributed by atoms with Crippen LogP contribution in [0.3, 0.4) is 0 Å². The summed E-state index contributed by atoms with van der Waals surface area (Å²) >= 11 is 0. The van der Waals surface area contributed by atoms with Crippen LogP contribution < -0.4 is 11.1 Å². The Balaban J connectivity index is 1.26. The molecule has 5 aromatic rings. The van der Waals surface area contributed by atoms with Crippen LogP contribution >= 0.6 is 0 Å². The Kier molecular flexibility index (Phi) is 6.93. The minimum Gasteiger partial charge on any atom is -0.464 e. The average molecular weight is 556 g/mol. The molecular weight excluding hydrogens is 526 g/mol. The highest BCUT2D eigenvalue weighted by molar-refractivity contribution is 6.12. The van der Waals surface area contributed by atoms with Gasteiger partial charge in [0.1, 0.15) is 23.4 Å². The molecule has 0 aliphatic carbocycles. The van der Waals surface area contributed by atoms with Crippen LogP contribution in [0.2, 0.25) is 0 Å². The van der Waals surface area contributed by atoms with E-state index in [9.17, 15) is 9.59 Å². The number of fused-ring (bicyclic) bond motifs is 2. The largest absolute Gasteiger partial charge is 0.464 e. The van der Waals surface area contributed by atoms with Gasteiger partial charge in [-0.2, -0.15) is 10.1 Å². The fraction of sp³-hybridized carbons (Fsp3) is 0.286. The summed E-state index contributed by atoms with van der Waals surface area (Å²) in [6.45, 7) is 1.74. The number of nitrogens with two attached hydrogens (primary N) is 1. The van der Waals surface area contributed by atoms with Crippen LogP contribution in [0.1, 0.15) is 29.4 Å². The maximum Gasteiger partial charge on any atom is 0.302 e.